The summed E-state index contributed by atoms with van der Waals surface area (Å²) < 4.78 is 35.7. The third-order valence-corrected chi connectivity index (χ3v) is 13.6. The van der Waals surface area contributed by atoms with Crippen LogP contribution in [0.25, 0.3) is 6.08 Å². The molecular formula is C65H54N6O4S. The van der Waals surface area contributed by atoms with Crippen LogP contribution in [0.1, 0.15) is 40.3 Å². The number of aryl methyl sites for hydroxylation is 1. The highest BCUT2D eigenvalue weighted by atomic mass is 32.2. The molecule has 0 radical (unpaired) electrons. The second-order valence-electron chi connectivity index (χ2n) is 18.4. The third-order valence-electron chi connectivity index (χ3n) is 12.7. The van der Waals surface area contributed by atoms with Gasteiger partial charge in [0.15, 0.2) is 0 Å². The highest BCUT2D eigenvalue weighted by molar-refractivity contribution is 7.86. The zero-order valence-corrected chi connectivity index (χ0v) is 42.5. The molecular weight excluding hydrogens is 961 g/mol. The number of aromatic hydroxyl groups is 1. The average Bonchev–Trinajstić information content (AvgIpc) is 3.43. The van der Waals surface area contributed by atoms with Gasteiger partial charge < -0.3 is 21.1 Å². The van der Waals surface area contributed by atoms with Crippen molar-refractivity contribution < 1.29 is 18.1 Å². The van der Waals surface area contributed by atoms with E-state index in [0.29, 0.717) is 17.7 Å². The molecule has 0 aliphatic heterocycles. The van der Waals surface area contributed by atoms with Crippen molar-refractivity contribution in [3.8, 4) is 5.75 Å². The number of phenols is 1. The molecule has 11 heteroatoms. The van der Waals surface area contributed by atoms with Crippen LogP contribution in [0.15, 0.2) is 262 Å². The Morgan fingerprint density at radius 3 is 1.33 bits per heavy atom. The Morgan fingerprint density at radius 2 is 0.842 bits per heavy atom. The largest absolute Gasteiger partial charge is 0.508 e. The number of nitrogens with zero attached hydrogens (tertiary/aromatic N) is 3. The Balaban J connectivity index is 0.710. The number of para-hydroxylation sites is 1. The highest BCUT2D eigenvalue weighted by Gasteiger charge is 2.20. The van der Waals surface area contributed by atoms with Gasteiger partial charge in [-0.25, -0.2) is 15.0 Å². The summed E-state index contributed by atoms with van der Waals surface area (Å²) in [5, 5.41) is 21.0. The molecule has 0 saturated carbocycles. The van der Waals surface area contributed by atoms with E-state index in [-0.39, 0.29) is 22.8 Å². The summed E-state index contributed by atoms with van der Waals surface area (Å²) in [5.74, 6) is -0.114. The number of hydrogen-bond acceptors (Lipinski definition) is 9. The molecule has 8 aromatic rings. The van der Waals surface area contributed by atoms with Gasteiger partial charge in [0.25, 0.3) is 10.1 Å². The third kappa shape index (κ3) is 13.6. The highest BCUT2D eigenvalue weighted by Crippen LogP contribution is 2.34. The van der Waals surface area contributed by atoms with Gasteiger partial charge in [0, 0.05) is 40.9 Å². The molecule has 0 spiro atoms. The van der Waals surface area contributed by atoms with Gasteiger partial charge >= 0.3 is 0 Å². The van der Waals surface area contributed by atoms with E-state index in [4.69, 9.17) is 15.0 Å². The molecule has 0 aromatic heterocycles. The monoisotopic (exact) mass is 1010 g/mol. The average molecular weight is 1020 g/mol. The summed E-state index contributed by atoms with van der Waals surface area (Å²) in [7, 11) is -4.67. The number of allylic oxidation sites excluding steroid dienone is 9. The van der Waals surface area contributed by atoms with E-state index in [1.807, 2.05) is 152 Å². The van der Waals surface area contributed by atoms with Crippen molar-refractivity contribution in [2.24, 2.45) is 15.0 Å². The van der Waals surface area contributed by atoms with E-state index in [1.54, 1.807) is 0 Å². The first kappa shape index (κ1) is 50.1. The molecule has 76 heavy (non-hydrogen) atoms. The number of anilines is 6. The SMILES string of the molecule is CCc1ccc(Nc2ccc(N=C3C=CC(=Nc4ccc(Cc5cc(S(=O)(=O)O)c(Nc6ccc(Cc7ccc(N=C8C=CC(=Cc9ccc(Nc%10ccccc%10)cc9)C=C8)cc7)cc6)cc5O)cc4)C=C3)cc2)cc1. The number of hydrogen-bond donors (Lipinski definition) is 5. The molecule has 0 unspecified atom stereocenters. The number of nitrogens with one attached hydrogen (secondary N) is 3. The fraction of sp³-hybridized carbons (Fsp3) is 0.0615. The molecule has 0 atom stereocenters. The predicted octanol–water partition coefficient (Wildman–Crippen LogP) is 15.9. The number of phenolic OH excluding ortho intramolecular Hbond substituents is 1. The van der Waals surface area contributed by atoms with Gasteiger partial charge in [0.1, 0.15) is 10.6 Å². The Labute approximate surface area is 443 Å². The first-order chi connectivity index (χ1) is 37.0. The molecule has 10 nitrogen and oxygen atoms in total. The molecule has 0 heterocycles. The Kier molecular flexibility index (Phi) is 15.3. The second-order valence-corrected chi connectivity index (χ2v) is 19.8. The van der Waals surface area contributed by atoms with Crippen molar-refractivity contribution in [2.45, 2.75) is 31.1 Å². The topological polar surface area (TPSA) is 148 Å². The van der Waals surface area contributed by atoms with Crippen LogP contribution in [0.3, 0.4) is 0 Å². The first-order valence-corrected chi connectivity index (χ1v) is 26.4. The smallest absolute Gasteiger partial charge is 0.296 e. The molecule has 8 aromatic carbocycles. The van der Waals surface area contributed by atoms with Crippen molar-refractivity contribution in [1.82, 2.24) is 0 Å². The van der Waals surface area contributed by atoms with Gasteiger partial charge in [-0.05, 0) is 197 Å². The molecule has 2 aliphatic carbocycles. The molecule has 0 amide bonds. The normalized spacial score (nSPS) is 12.9. The van der Waals surface area contributed by atoms with Crippen LogP contribution < -0.4 is 16.0 Å². The van der Waals surface area contributed by atoms with Crippen LogP contribution in [-0.2, 0) is 29.4 Å². The lowest BCUT2D eigenvalue weighted by Gasteiger charge is -2.14. The second kappa shape index (κ2) is 23.2. The minimum absolute atomic E-state index is 0.0539. The number of benzene rings is 8. The molecule has 0 bridgehead atoms. The first-order valence-electron chi connectivity index (χ1n) is 25.0. The summed E-state index contributed by atoms with van der Waals surface area (Å²) in [4.78, 5) is 14.0. The Bertz CT molecular complexity index is 3690. The maximum atomic E-state index is 12.7. The van der Waals surface area contributed by atoms with E-state index < -0.39 is 10.1 Å². The summed E-state index contributed by atoms with van der Waals surface area (Å²) in [5.41, 5.74) is 16.4. The van der Waals surface area contributed by atoms with E-state index in [9.17, 15) is 18.1 Å². The zero-order valence-electron chi connectivity index (χ0n) is 41.7. The van der Waals surface area contributed by atoms with Crippen molar-refractivity contribution in [3.05, 3.63) is 276 Å². The Hall–Kier alpha value is -9.42. The van der Waals surface area contributed by atoms with E-state index in [1.165, 1.54) is 17.7 Å². The number of aliphatic imine (C=N–C) groups is 3. The standard InChI is InChI=1S/C65H54N6O4S/c1-2-45-8-20-53(21-9-45)68-58-32-36-60(37-33-58)70-61-38-34-59(35-39-61)69-57-28-18-50(19-29-57)42-51-43-65(76(73,74)75)63(44-64(51)72)71-62-30-16-49(17-31-62)41-48-14-26-56(27-15-48)67-55-24-12-47(13-25-55)40-46-10-22-54(23-11-46)66-52-6-4-3-5-7-52/h3-40,43-44,66,68,71-72H,2,41-42H2,1H3,(H,73,74,75). The maximum Gasteiger partial charge on any atom is 0.296 e. The van der Waals surface area contributed by atoms with Gasteiger partial charge in [0.2, 0.25) is 0 Å². The van der Waals surface area contributed by atoms with Gasteiger partial charge in [-0.3, -0.25) is 4.55 Å². The minimum atomic E-state index is -4.67. The van der Waals surface area contributed by atoms with Gasteiger partial charge in [-0.2, -0.15) is 8.42 Å². The minimum Gasteiger partial charge on any atom is -0.508 e. The lowest BCUT2D eigenvalue weighted by molar-refractivity contribution is 0.467. The zero-order chi connectivity index (χ0) is 52.3. The van der Waals surface area contributed by atoms with Crippen molar-refractivity contribution in [2.75, 3.05) is 16.0 Å². The van der Waals surface area contributed by atoms with Crippen LogP contribution in [0, 0.1) is 0 Å². The fourth-order valence-corrected chi connectivity index (χ4v) is 9.28. The molecule has 374 valence electrons. The number of rotatable bonds is 16. The predicted molar refractivity (Wildman–Crippen MR) is 314 cm³/mol. The molecule has 0 fully saturated rings. The molecule has 2 aliphatic rings. The van der Waals surface area contributed by atoms with E-state index >= 15 is 0 Å². The maximum absolute atomic E-state index is 12.7. The van der Waals surface area contributed by atoms with Crippen LogP contribution in [0.2, 0.25) is 0 Å². The molecule has 5 N–H and O–H groups in total. The van der Waals surface area contributed by atoms with Gasteiger partial charge in [-0.15, -0.1) is 0 Å². The van der Waals surface area contributed by atoms with Crippen LogP contribution in [0.4, 0.5) is 51.2 Å². The van der Waals surface area contributed by atoms with E-state index in [2.05, 4.69) is 102 Å². The van der Waals surface area contributed by atoms with Crippen molar-refractivity contribution in [3.63, 3.8) is 0 Å². The van der Waals surface area contributed by atoms with Crippen molar-refractivity contribution in [1.29, 1.82) is 0 Å². The van der Waals surface area contributed by atoms with E-state index in [0.717, 1.165) is 91.2 Å². The fourth-order valence-electron chi connectivity index (χ4n) is 8.60. The lowest BCUT2D eigenvalue weighted by Crippen LogP contribution is -2.05. The summed E-state index contributed by atoms with van der Waals surface area (Å²) >= 11 is 0. The van der Waals surface area contributed by atoms with Crippen LogP contribution in [-0.4, -0.2) is 35.2 Å². The van der Waals surface area contributed by atoms with Crippen LogP contribution in [0.5, 0.6) is 5.75 Å². The summed E-state index contributed by atoms with van der Waals surface area (Å²) in [6.07, 6.45) is 19.9. The van der Waals surface area contributed by atoms with Gasteiger partial charge in [0.05, 0.1) is 39.9 Å². The molecule has 0 saturated heterocycles. The van der Waals surface area contributed by atoms with Crippen LogP contribution >= 0.6 is 0 Å². The lowest BCUT2D eigenvalue weighted by atomic mass is 10.0. The quantitative estimate of drug-likeness (QED) is 0.0478. The summed E-state index contributed by atoms with van der Waals surface area (Å²) in [6, 6.07) is 60.6. The van der Waals surface area contributed by atoms with Crippen molar-refractivity contribution >= 4 is 84.5 Å². The van der Waals surface area contributed by atoms with Gasteiger partial charge in [-0.1, -0.05) is 97.9 Å². The molecule has 10 rings (SSSR count). The Morgan fingerprint density at radius 1 is 0.447 bits per heavy atom. The summed E-state index contributed by atoms with van der Waals surface area (Å²) in [6.45, 7) is 2.14.